The van der Waals surface area contributed by atoms with Crippen LogP contribution in [0.3, 0.4) is 0 Å². The van der Waals surface area contributed by atoms with Crippen molar-refractivity contribution in [2.45, 2.75) is 83.5 Å². The smallest absolute Gasteiger partial charge is 0.361 e. The lowest BCUT2D eigenvalue weighted by molar-refractivity contribution is -0.145. The highest BCUT2D eigenvalue weighted by atomic mass is 28.3. The zero-order chi connectivity index (χ0) is 28.2. The summed E-state index contributed by atoms with van der Waals surface area (Å²) < 4.78 is 47.7. The van der Waals surface area contributed by atoms with Gasteiger partial charge in [-0.25, -0.2) is 4.98 Å². The number of carbonyl (C=O) groups excluding carboxylic acids is 1. The summed E-state index contributed by atoms with van der Waals surface area (Å²) in [4.78, 5) is 20.0. The number of hydrogen-bond acceptors (Lipinski definition) is 4. The first-order chi connectivity index (χ1) is 18.4. The van der Waals surface area contributed by atoms with Crippen molar-refractivity contribution in [3.63, 3.8) is 0 Å². The van der Waals surface area contributed by atoms with E-state index < -0.39 is 19.9 Å². The molecule has 1 fully saturated rings. The second-order valence-electron chi connectivity index (χ2n) is 11.9. The van der Waals surface area contributed by atoms with E-state index in [1.54, 1.807) is 19.2 Å². The van der Waals surface area contributed by atoms with Gasteiger partial charge in [-0.05, 0) is 68.2 Å². The second-order valence-corrected chi connectivity index (χ2v) is 17.5. The fourth-order valence-electron chi connectivity index (χ4n) is 5.23. The quantitative estimate of drug-likeness (QED) is 0.186. The standard InChI is InChI=1S/C30H38F3N3O2Si/c1-21(37)17-22-5-7-23(8-6-22)24-9-11-25(12-10-24)27-14-13-26(18-34-27)29-35-19-28(30(31,32)33)36(29)20-38-15-16-39(2,3)4/h9-14,18-19,22-23H,5-8,15-17,20H2,1-4H3. The third-order valence-electron chi connectivity index (χ3n) is 7.49. The summed E-state index contributed by atoms with van der Waals surface area (Å²) in [6.45, 7) is 8.47. The molecule has 0 saturated heterocycles. The summed E-state index contributed by atoms with van der Waals surface area (Å²) in [6, 6.07) is 12.8. The van der Waals surface area contributed by atoms with Gasteiger partial charge in [0.15, 0.2) is 0 Å². The van der Waals surface area contributed by atoms with E-state index in [1.807, 2.05) is 18.2 Å². The lowest BCUT2D eigenvalue weighted by Crippen LogP contribution is -2.23. The normalized spacial score (nSPS) is 18.3. The molecular weight excluding hydrogens is 519 g/mol. The van der Waals surface area contributed by atoms with Gasteiger partial charge in [0.2, 0.25) is 0 Å². The Hall–Kier alpha value is -2.78. The van der Waals surface area contributed by atoms with Crippen molar-refractivity contribution in [2.75, 3.05) is 6.61 Å². The number of aromatic nitrogens is 3. The van der Waals surface area contributed by atoms with Crippen molar-refractivity contribution in [1.29, 1.82) is 0 Å². The zero-order valence-corrected chi connectivity index (χ0v) is 24.2. The number of alkyl halides is 3. The molecule has 210 valence electrons. The molecule has 9 heteroatoms. The molecule has 0 N–H and O–H groups in total. The van der Waals surface area contributed by atoms with E-state index in [1.165, 1.54) is 5.56 Å². The Morgan fingerprint density at radius 1 is 0.974 bits per heavy atom. The number of carbonyl (C=O) groups is 1. The predicted molar refractivity (Wildman–Crippen MR) is 150 cm³/mol. The van der Waals surface area contributed by atoms with E-state index in [4.69, 9.17) is 4.74 Å². The minimum atomic E-state index is -4.53. The lowest BCUT2D eigenvalue weighted by Gasteiger charge is -2.28. The summed E-state index contributed by atoms with van der Waals surface area (Å²) in [6.07, 6.45) is 2.95. The molecule has 5 nitrogen and oxygen atoms in total. The molecule has 1 saturated carbocycles. The highest BCUT2D eigenvalue weighted by Gasteiger charge is 2.36. The van der Waals surface area contributed by atoms with Crippen LogP contribution in [0.2, 0.25) is 25.7 Å². The van der Waals surface area contributed by atoms with Crippen LogP contribution in [-0.4, -0.2) is 35.0 Å². The Kier molecular flexibility index (Phi) is 9.11. The number of Topliss-reactive ketones (excluding diaryl/α,β-unsaturated/α-hetero) is 1. The maximum absolute atomic E-state index is 13.7. The molecule has 1 aromatic carbocycles. The van der Waals surface area contributed by atoms with Crippen molar-refractivity contribution < 1.29 is 22.7 Å². The second kappa shape index (κ2) is 12.2. The predicted octanol–water partition coefficient (Wildman–Crippen LogP) is 8.20. The Labute approximate surface area is 229 Å². The van der Waals surface area contributed by atoms with Gasteiger partial charge >= 0.3 is 6.18 Å². The van der Waals surface area contributed by atoms with Crippen LogP contribution in [0, 0.1) is 5.92 Å². The van der Waals surface area contributed by atoms with E-state index in [0.717, 1.165) is 53.7 Å². The van der Waals surface area contributed by atoms with Gasteiger partial charge in [0, 0.05) is 38.4 Å². The van der Waals surface area contributed by atoms with Crippen molar-refractivity contribution in [2.24, 2.45) is 5.92 Å². The average molecular weight is 558 g/mol. The van der Waals surface area contributed by atoms with Crippen LogP contribution in [0.4, 0.5) is 13.2 Å². The minimum Gasteiger partial charge on any atom is -0.361 e. The summed E-state index contributed by atoms with van der Waals surface area (Å²) in [5.41, 5.74) is 2.66. The monoisotopic (exact) mass is 557 g/mol. The fourth-order valence-corrected chi connectivity index (χ4v) is 5.98. The van der Waals surface area contributed by atoms with E-state index in [9.17, 15) is 18.0 Å². The van der Waals surface area contributed by atoms with Gasteiger partial charge in [0.05, 0.1) is 11.9 Å². The molecule has 39 heavy (non-hydrogen) atoms. The van der Waals surface area contributed by atoms with E-state index in [-0.39, 0.29) is 18.3 Å². The Balaban J connectivity index is 1.45. The number of rotatable bonds is 10. The molecule has 1 aliphatic carbocycles. The summed E-state index contributed by atoms with van der Waals surface area (Å²) in [5, 5.41) is 0. The number of benzene rings is 1. The first-order valence-corrected chi connectivity index (χ1v) is 17.4. The molecule has 2 aromatic heterocycles. The van der Waals surface area contributed by atoms with Crippen molar-refractivity contribution in [3.05, 3.63) is 60.0 Å². The number of ketones is 1. The molecule has 0 bridgehead atoms. The Morgan fingerprint density at radius 2 is 1.64 bits per heavy atom. The Morgan fingerprint density at radius 3 is 2.21 bits per heavy atom. The Bertz CT molecular complexity index is 1240. The number of imidazole rings is 1. The average Bonchev–Trinajstić information content (AvgIpc) is 3.31. The molecular formula is C30H38F3N3O2Si. The van der Waals surface area contributed by atoms with Crippen LogP contribution in [0.5, 0.6) is 0 Å². The van der Waals surface area contributed by atoms with Gasteiger partial charge in [-0.2, -0.15) is 13.2 Å². The minimum absolute atomic E-state index is 0.185. The van der Waals surface area contributed by atoms with Crippen LogP contribution in [-0.2, 0) is 22.4 Å². The van der Waals surface area contributed by atoms with Crippen LogP contribution in [0.15, 0.2) is 48.8 Å². The highest BCUT2D eigenvalue weighted by molar-refractivity contribution is 6.76. The van der Waals surface area contributed by atoms with E-state index in [0.29, 0.717) is 30.4 Å². The fraction of sp³-hybridized carbons (Fsp3) is 0.500. The van der Waals surface area contributed by atoms with Gasteiger partial charge in [0.1, 0.15) is 24.0 Å². The number of hydrogen-bond donors (Lipinski definition) is 0. The van der Waals surface area contributed by atoms with Gasteiger partial charge < -0.3 is 9.53 Å². The van der Waals surface area contributed by atoms with Gasteiger partial charge in [-0.15, -0.1) is 0 Å². The third kappa shape index (κ3) is 7.88. The third-order valence-corrected chi connectivity index (χ3v) is 9.19. The van der Waals surface area contributed by atoms with Crippen LogP contribution < -0.4 is 0 Å². The molecule has 2 heterocycles. The summed E-state index contributed by atoms with van der Waals surface area (Å²) >= 11 is 0. The summed E-state index contributed by atoms with van der Waals surface area (Å²) in [5.74, 6) is 1.48. The molecule has 1 aliphatic rings. The zero-order valence-electron chi connectivity index (χ0n) is 23.2. The van der Waals surface area contributed by atoms with E-state index >= 15 is 0 Å². The van der Waals surface area contributed by atoms with Gasteiger partial charge in [0.25, 0.3) is 0 Å². The van der Waals surface area contributed by atoms with Crippen LogP contribution >= 0.6 is 0 Å². The first-order valence-electron chi connectivity index (χ1n) is 13.7. The van der Waals surface area contributed by atoms with Gasteiger partial charge in [-0.3, -0.25) is 9.55 Å². The maximum atomic E-state index is 13.7. The largest absolute Gasteiger partial charge is 0.433 e. The number of ether oxygens (including phenoxy) is 1. The molecule has 0 atom stereocenters. The molecule has 0 spiro atoms. The number of nitrogens with zero attached hydrogens (tertiary/aromatic N) is 3. The number of halogens is 3. The topological polar surface area (TPSA) is 57.0 Å². The van der Waals surface area contributed by atoms with Crippen LogP contribution in [0.1, 0.15) is 56.2 Å². The highest BCUT2D eigenvalue weighted by Crippen LogP contribution is 2.38. The van der Waals surface area contributed by atoms with Crippen LogP contribution in [0.25, 0.3) is 22.6 Å². The molecule has 0 radical (unpaired) electrons. The van der Waals surface area contributed by atoms with Crippen molar-refractivity contribution >= 4 is 13.9 Å². The SMILES string of the molecule is CC(=O)CC1CCC(c2ccc(-c3ccc(-c4ncc(C(F)(F)F)n4COCC[Si](C)(C)C)cn3)cc2)CC1. The van der Waals surface area contributed by atoms with E-state index in [2.05, 4.69) is 41.7 Å². The molecule has 3 aromatic rings. The molecule has 0 unspecified atom stereocenters. The van der Waals surface area contributed by atoms with Crippen molar-refractivity contribution in [1.82, 2.24) is 14.5 Å². The lowest BCUT2D eigenvalue weighted by atomic mass is 9.77. The molecule has 0 amide bonds. The van der Waals surface area contributed by atoms with Gasteiger partial charge in [-0.1, -0.05) is 43.9 Å². The summed E-state index contributed by atoms with van der Waals surface area (Å²) in [7, 11) is -1.36. The first kappa shape index (κ1) is 29.2. The number of pyridine rings is 1. The van der Waals surface area contributed by atoms with Crippen molar-refractivity contribution in [3.8, 4) is 22.6 Å². The molecule has 0 aliphatic heterocycles. The maximum Gasteiger partial charge on any atom is 0.433 e. The molecule has 4 rings (SSSR count).